The van der Waals surface area contributed by atoms with Gasteiger partial charge in [0.2, 0.25) is 5.54 Å². The first kappa shape index (κ1) is 24.3. The van der Waals surface area contributed by atoms with Gasteiger partial charge in [0.15, 0.2) is 0 Å². The minimum Gasteiger partial charge on any atom is -0.468 e. The molecule has 0 amide bonds. The molecule has 33 heavy (non-hydrogen) atoms. The Hall–Kier alpha value is -3.31. The summed E-state index contributed by atoms with van der Waals surface area (Å²) >= 11 is 1.27. The molecule has 3 rings (SSSR count). The number of methoxy groups -OCH3 is 1. The lowest BCUT2D eigenvalue weighted by Gasteiger charge is -2.31. The maximum atomic E-state index is 13.5. The Kier molecular flexibility index (Phi) is 7.13. The quantitative estimate of drug-likeness (QED) is 0.201. The van der Waals surface area contributed by atoms with Crippen molar-refractivity contribution >= 4 is 34.9 Å². The number of nitrogens with one attached hydrogen (secondary N) is 1. The largest absolute Gasteiger partial charge is 0.468 e. The second-order valence-corrected chi connectivity index (χ2v) is 8.33. The van der Waals surface area contributed by atoms with Crippen LogP contribution in [0.1, 0.15) is 36.8 Å². The molecule has 2 aromatic rings. The molecule has 2 atom stereocenters. The van der Waals surface area contributed by atoms with E-state index in [1.165, 1.54) is 29.5 Å². The van der Waals surface area contributed by atoms with E-state index in [2.05, 4.69) is 5.32 Å². The van der Waals surface area contributed by atoms with E-state index >= 15 is 0 Å². The van der Waals surface area contributed by atoms with E-state index in [9.17, 15) is 24.5 Å². The molecule has 11 heteroatoms. The highest BCUT2D eigenvalue weighted by Crippen LogP contribution is 2.54. The van der Waals surface area contributed by atoms with Gasteiger partial charge in [-0.1, -0.05) is 24.3 Å². The van der Waals surface area contributed by atoms with Gasteiger partial charge < -0.3 is 14.2 Å². The number of thiophene rings is 1. The monoisotopic (exact) mass is 476 g/mol. The van der Waals surface area contributed by atoms with Crippen molar-refractivity contribution in [3.63, 3.8) is 0 Å². The van der Waals surface area contributed by atoms with Crippen LogP contribution >= 0.6 is 11.3 Å². The van der Waals surface area contributed by atoms with Gasteiger partial charge in [0.05, 0.1) is 31.3 Å². The Morgan fingerprint density at radius 1 is 1.09 bits per heavy atom. The average molecular weight is 477 g/mol. The van der Waals surface area contributed by atoms with E-state index in [0.29, 0.717) is 4.88 Å². The summed E-state index contributed by atoms with van der Waals surface area (Å²) in [6.45, 7) is 3.11. The number of benzene rings is 1. The zero-order chi connectivity index (χ0) is 24.2. The van der Waals surface area contributed by atoms with Crippen molar-refractivity contribution in [3.8, 4) is 0 Å². The topological polar surface area (TPSA) is 134 Å². The third-order valence-electron chi connectivity index (χ3n) is 5.63. The second kappa shape index (κ2) is 9.67. The van der Waals surface area contributed by atoms with Crippen molar-refractivity contribution in [1.29, 1.82) is 0 Å². The predicted octanol–water partition coefficient (Wildman–Crippen LogP) is 2.67. The van der Waals surface area contributed by atoms with Gasteiger partial charge in [-0.25, -0.2) is 9.59 Å². The zero-order valence-corrected chi connectivity index (χ0v) is 19.2. The molecule has 1 saturated heterocycles. The molecular formula is C22H24N2O8S. The lowest BCUT2D eigenvalue weighted by molar-refractivity contribution is -0.386. The van der Waals surface area contributed by atoms with E-state index in [-0.39, 0.29) is 24.5 Å². The molecule has 1 aliphatic rings. The standard InChI is InChI=1S/C22H24N2O8S/c1-4-31-19(26)22(20(27)32-5-2)13-21(18(25)30-3,17(23-22)16-11-8-12-33-16)14-9-6-7-10-15(14)24(28)29/h6-12,17,23H,4-5,13H2,1-3H3/t17-,21+/m1/s1. The Morgan fingerprint density at radius 2 is 1.73 bits per heavy atom. The number of ether oxygens (including phenoxy) is 3. The summed E-state index contributed by atoms with van der Waals surface area (Å²) in [5.41, 5.74) is -4.21. The molecule has 1 aromatic carbocycles. The van der Waals surface area contributed by atoms with Crippen LogP contribution in [0.3, 0.4) is 0 Å². The molecule has 0 saturated carbocycles. The Labute approximate surface area is 194 Å². The molecule has 0 bridgehead atoms. The molecule has 0 spiro atoms. The number of nitrogens with zero attached hydrogens (tertiary/aromatic N) is 1. The molecule has 10 nitrogen and oxygen atoms in total. The molecule has 0 radical (unpaired) electrons. The summed E-state index contributed by atoms with van der Waals surface area (Å²) in [4.78, 5) is 51.7. The van der Waals surface area contributed by atoms with Gasteiger partial charge in [-0.15, -0.1) is 11.3 Å². The van der Waals surface area contributed by atoms with Crippen LogP contribution in [0.25, 0.3) is 0 Å². The Bertz CT molecular complexity index is 1040. The first-order valence-electron chi connectivity index (χ1n) is 10.3. The maximum Gasteiger partial charge on any atom is 0.338 e. The van der Waals surface area contributed by atoms with E-state index < -0.39 is 46.2 Å². The lowest BCUT2D eigenvalue weighted by Crippen LogP contribution is -2.56. The van der Waals surface area contributed by atoms with Gasteiger partial charge in [-0.2, -0.15) is 0 Å². The van der Waals surface area contributed by atoms with Crippen LogP contribution in [0.5, 0.6) is 0 Å². The smallest absolute Gasteiger partial charge is 0.338 e. The summed E-state index contributed by atoms with van der Waals surface area (Å²) < 4.78 is 15.5. The number of carbonyl (C=O) groups excluding carboxylic acids is 3. The Morgan fingerprint density at radius 3 is 2.24 bits per heavy atom. The number of nitro benzene ring substituents is 1. The van der Waals surface area contributed by atoms with Crippen LogP contribution in [-0.4, -0.2) is 48.7 Å². The first-order chi connectivity index (χ1) is 15.8. The van der Waals surface area contributed by atoms with Crippen LogP contribution in [0.4, 0.5) is 5.69 Å². The first-order valence-corrected chi connectivity index (χ1v) is 11.1. The van der Waals surface area contributed by atoms with Gasteiger partial charge in [-0.3, -0.25) is 20.2 Å². The zero-order valence-electron chi connectivity index (χ0n) is 18.4. The minimum atomic E-state index is -2.08. The third kappa shape index (κ3) is 3.98. The number of hydrogen-bond donors (Lipinski definition) is 1. The second-order valence-electron chi connectivity index (χ2n) is 7.35. The molecule has 0 aliphatic carbocycles. The molecule has 0 unspecified atom stereocenters. The van der Waals surface area contributed by atoms with Gasteiger partial charge in [0, 0.05) is 22.9 Å². The maximum absolute atomic E-state index is 13.5. The third-order valence-corrected chi connectivity index (χ3v) is 6.57. The Balaban J connectivity index is 2.37. The van der Waals surface area contributed by atoms with Crippen LogP contribution < -0.4 is 5.32 Å². The number of carbonyl (C=O) groups is 3. The minimum absolute atomic E-state index is 0.0169. The van der Waals surface area contributed by atoms with Crippen molar-refractivity contribution < 1.29 is 33.5 Å². The van der Waals surface area contributed by atoms with Crippen molar-refractivity contribution in [2.75, 3.05) is 20.3 Å². The fraction of sp³-hybridized carbons (Fsp3) is 0.409. The fourth-order valence-corrected chi connectivity index (χ4v) is 5.18. The highest BCUT2D eigenvalue weighted by molar-refractivity contribution is 7.10. The number of nitro groups is 1. The van der Waals surface area contributed by atoms with Crippen LogP contribution in [0, 0.1) is 10.1 Å². The van der Waals surface area contributed by atoms with Crippen LogP contribution in [0.15, 0.2) is 41.8 Å². The van der Waals surface area contributed by atoms with Crippen molar-refractivity contribution in [2.45, 2.75) is 37.3 Å². The molecule has 1 N–H and O–H groups in total. The number of esters is 3. The molecule has 1 fully saturated rings. The summed E-state index contributed by atoms with van der Waals surface area (Å²) in [5, 5.41) is 16.7. The van der Waals surface area contributed by atoms with E-state index in [1.807, 2.05) is 0 Å². The summed E-state index contributed by atoms with van der Waals surface area (Å²) in [6, 6.07) is 8.15. The van der Waals surface area contributed by atoms with Gasteiger partial charge in [0.25, 0.3) is 5.69 Å². The molecular weight excluding hydrogens is 452 g/mol. The summed E-state index contributed by atoms with van der Waals surface area (Å²) in [7, 11) is 1.15. The lowest BCUT2D eigenvalue weighted by atomic mass is 9.70. The van der Waals surface area contributed by atoms with Crippen molar-refractivity contribution in [3.05, 3.63) is 62.3 Å². The summed E-state index contributed by atoms with van der Waals surface area (Å²) in [6.07, 6.45) is -0.488. The summed E-state index contributed by atoms with van der Waals surface area (Å²) in [5.74, 6) is -2.71. The van der Waals surface area contributed by atoms with Gasteiger partial charge in [0.1, 0.15) is 5.41 Å². The fourth-order valence-electron chi connectivity index (χ4n) is 4.31. The van der Waals surface area contributed by atoms with E-state index in [1.54, 1.807) is 37.4 Å². The van der Waals surface area contributed by atoms with Crippen LogP contribution in [0.2, 0.25) is 0 Å². The van der Waals surface area contributed by atoms with Gasteiger partial charge in [-0.05, 0) is 25.3 Å². The number of hydrogen-bond acceptors (Lipinski definition) is 10. The highest BCUT2D eigenvalue weighted by atomic mass is 32.1. The van der Waals surface area contributed by atoms with Gasteiger partial charge >= 0.3 is 17.9 Å². The van der Waals surface area contributed by atoms with Crippen molar-refractivity contribution in [1.82, 2.24) is 5.32 Å². The molecule has 176 valence electrons. The highest BCUT2D eigenvalue weighted by Gasteiger charge is 2.69. The van der Waals surface area contributed by atoms with Crippen molar-refractivity contribution in [2.24, 2.45) is 0 Å². The molecule has 1 aliphatic heterocycles. The molecule has 2 heterocycles. The number of para-hydroxylation sites is 1. The van der Waals surface area contributed by atoms with E-state index in [0.717, 1.165) is 7.11 Å². The SMILES string of the molecule is CCOC(=O)C1(C(=O)OCC)C[C@](C(=O)OC)(c2ccccc2[N+](=O)[O-])[C@@H](c2cccs2)N1. The average Bonchev–Trinajstić information content (AvgIpc) is 3.46. The molecule has 1 aromatic heterocycles. The number of rotatable bonds is 8. The normalized spacial score (nSPS) is 21.2. The van der Waals surface area contributed by atoms with E-state index in [4.69, 9.17) is 14.2 Å². The van der Waals surface area contributed by atoms with Crippen LogP contribution in [-0.2, 0) is 34.0 Å². The predicted molar refractivity (Wildman–Crippen MR) is 118 cm³/mol.